The Labute approximate surface area is 376 Å². The Hall–Kier alpha value is -5.77. The molecule has 0 radical (unpaired) electrons. The Kier molecular flexibility index (Phi) is 13.3. The van der Waals surface area contributed by atoms with Gasteiger partial charge in [-0.15, -0.1) is 23.1 Å². The second-order valence-corrected chi connectivity index (χ2v) is 17.1. The first kappa shape index (κ1) is 41.9. The molecular weight excluding hydrogens is 918 g/mol. The maximum absolute atomic E-state index is 14.3. The first-order chi connectivity index (χ1) is 29.9. The number of rotatable bonds is 16. The molecule has 1 saturated heterocycles. The van der Waals surface area contributed by atoms with Crippen LogP contribution in [-0.4, -0.2) is 61.6 Å². The molecule has 2 atom stereocenters. The number of thioether (sulfide) groups is 1. The molecule has 6 aromatic rings. The second-order valence-electron chi connectivity index (χ2n) is 14.3. The Bertz CT molecular complexity index is 2390. The van der Waals surface area contributed by atoms with Gasteiger partial charge in [0.1, 0.15) is 35.0 Å². The number of amides is 2. The summed E-state index contributed by atoms with van der Waals surface area (Å²) in [6, 6.07) is 48.6. The average Bonchev–Trinajstić information content (AvgIpc) is 3.79. The van der Waals surface area contributed by atoms with Crippen molar-refractivity contribution in [2.75, 3.05) is 22.1 Å². The molecule has 1 aromatic heterocycles. The largest absolute Gasteiger partial charge is 0.448 e. The number of fused-ring (bicyclic) bond motifs is 1. The summed E-state index contributed by atoms with van der Waals surface area (Å²) in [5.41, 5.74) is 5.01. The maximum atomic E-state index is 14.3. The standard InChI is InChI=1S/C48H42IN5O5S2/c1-2-28-58-53-39(38-31-61-47(50-38)52-48(35-22-12-5-13-23-35,36-24-14-6-15-25-36)37-26-16-7-17-27-37)43(55)51-40-44(56)54-41(34(29-49)30-60-45(40)54)46(57)59-42(32-18-8-3-9-19-32)33-20-10-4-11-21-33/h3-27,31,40,42,45H,2,28-30H2,1H3,(H,50,52)(H,51,55)/b53-39-. The molecular formula is C48H42IN5O5S2. The van der Waals surface area contributed by atoms with Gasteiger partial charge in [-0.3, -0.25) is 14.5 Å². The topological polar surface area (TPSA) is 122 Å². The van der Waals surface area contributed by atoms with Gasteiger partial charge in [-0.1, -0.05) is 186 Å². The molecule has 2 amide bonds. The van der Waals surface area contributed by atoms with E-state index in [9.17, 15) is 14.4 Å². The molecule has 8 rings (SSSR count). The van der Waals surface area contributed by atoms with Gasteiger partial charge in [0.15, 0.2) is 16.9 Å². The lowest BCUT2D eigenvalue weighted by molar-refractivity contribution is -0.154. The number of oxime groups is 1. The summed E-state index contributed by atoms with van der Waals surface area (Å²) in [5.74, 6) is -1.14. The molecule has 13 heteroatoms. The molecule has 0 bridgehead atoms. The van der Waals surface area contributed by atoms with E-state index in [-0.39, 0.29) is 23.7 Å². The number of carbonyl (C=O) groups is 3. The minimum Gasteiger partial charge on any atom is -0.448 e. The number of thiazole rings is 1. The van der Waals surface area contributed by atoms with E-state index >= 15 is 0 Å². The molecule has 2 aliphatic heterocycles. The third-order valence-electron chi connectivity index (χ3n) is 10.4. The number of benzene rings is 5. The number of ether oxygens (including phenoxy) is 1. The van der Waals surface area contributed by atoms with Crippen LogP contribution < -0.4 is 10.6 Å². The third-order valence-corrected chi connectivity index (χ3v) is 13.5. The lowest BCUT2D eigenvalue weighted by Gasteiger charge is -2.49. The molecule has 0 spiro atoms. The number of esters is 1. The fraction of sp³-hybridized carbons (Fsp3) is 0.188. The van der Waals surface area contributed by atoms with Gasteiger partial charge in [-0.05, 0) is 39.8 Å². The van der Waals surface area contributed by atoms with Gasteiger partial charge in [-0.25, -0.2) is 9.78 Å². The molecule has 2 aliphatic rings. The summed E-state index contributed by atoms with van der Waals surface area (Å²) in [4.78, 5) is 54.5. The molecule has 2 unspecified atom stereocenters. The number of aromatic nitrogens is 1. The van der Waals surface area contributed by atoms with Crippen molar-refractivity contribution in [3.63, 3.8) is 0 Å². The van der Waals surface area contributed by atoms with Crippen molar-refractivity contribution in [2.45, 2.75) is 36.4 Å². The van der Waals surface area contributed by atoms with Crippen LogP contribution in [0, 0.1) is 0 Å². The summed E-state index contributed by atoms with van der Waals surface area (Å²) in [7, 11) is 0. The van der Waals surface area contributed by atoms with E-state index in [4.69, 9.17) is 14.6 Å². The van der Waals surface area contributed by atoms with E-state index < -0.39 is 40.8 Å². The third kappa shape index (κ3) is 8.72. The van der Waals surface area contributed by atoms with Crippen LogP contribution in [-0.2, 0) is 29.5 Å². The number of nitrogens with zero attached hydrogens (tertiary/aromatic N) is 3. The molecule has 2 N–H and O–H groups in total. The van der Waals surface area contributed by atoms with Crippen LogP contribution in [0.3, 0.4) is 0 Å². The molecule has 3 heterocycles. The van der Waals surface area contributed by atoms with Crippen LogP contribution in [0.4, 0.5) is 5.13 Å². The van der Waals surface area contributed by atoms with Crippen LogP contribution in [0.25, 0.3) is 0 Å². The number of carbonyl (C=O) groups excluding carboxylic acids is 3. The number of hydrogen-bond acceptors (Lipinski definition) is 10. The van der Waals surface area contributed by atoms with E-state index in [0.29, 0.717) is 21.7 Å². The van der Waals surface area contributed by atoms with Gasteiger partial charge in [-0.2, -0.15) is 0 Å². The van der Waals surface area contributed by atoms with Crippen molar-refractivity contribution in [3.8, 4) is 0 Å². The highest BCUT2D eigenvalue weighted by Gasteiger charge is 2.55. The van der Waals surface area contributed by atoms with Crippen molar-refractivity contribution in [2.24, 2.45) is 5.16 Å². The van der Waals surface area contributed by atoms with Crippen LogP contribution in [0.5, 0.6) is 0 Å². The number of anilines is 1. The molecule has 61 heavy (non-hydrogen) atoms. The predicted molar refractivity (Wildman–Crippen MR) is 249 cm³/mol. The highest BCUT2D eigenvalue weighted by molar-refractivity contribution is 14.1. The van der Waals surface area contributed by atoms with Crippen LogP contribution in [0.15, 0.2) is 173 Å². The predicted octanol–water partition coefficient (Wildman–Crippen LogP) is 9.10. The zero-order chi connectivity index (χ0) is 42.2. The minimum atomic E-state index is -0.926. The average molecular weight is 960 g/mol. The SMILES string of the molecule is CCCO/N=C(\C(=O)NC1C(=O)N2C(C(=O)OC(c3ccccc3)c3ccccc3)=C(CI)CSC12)c1csc(NC(c2ccccc2)(c2ccccc2)c2ccccc2)n1. The van der Waals surface area contributed by atoms with E-state index in [2.05, 4.69) is 74.8 Å². The van der Waals surface area contributed by atoms with Gasteiger partial charge < -0.3 is 20.2 Å². The van der Waals surface area contributed by atoms with E-state index in [1.165, 1.54) is 28.0 Å². The lowest BCUT2D eigenvalue weighted by Crippen LogP contribution is -2.71. The molecule has 308 valence electrons. The van der Waals surface area contributed by atoms with Gasteiger partial charge in [0.2, 0.25) is 0 Å². The van der Waals surface area contributed by atoms with Gasteiger partial charge in [0.05, 0.1) is 0 Å². The van der Waals surface area contributed by atoms with E-state index in [1.54, 1.807) is 5.38 Å². The number of nitrogens with one attached hydrogen (secondary N) is 2. The van der Waals surface area contributed by atoms with Crippen molar-refractivity contribution < 1.29 is 24.0 Å². The molecule has 0 saturated carbocycles. The Morgan fingerprint density at radius 1 is 0.836 bits per heavy atom. The van der Waals surface area contributed by atoms with Crippen molar-refractivity contribution >= 4 is 74.3 Å². The summed E-state index contributed by atoms with van der Waals surface area (Å²) >= 11 is 5.03. The minimum absolute atomic E-state index is 0.0637. The second kappa shape index (κ2) is 19.3. The zero-order valence-electron chi connectivity index (χ0n) is 33.1. The number of β-lactam (4-membered cyclic amide) rings is 1. The Morgan fingerprint density at radius 3 is 1.87 bits per heavy atom. The van der Waals surface area contributed by atoms with Crippen molar-refractivity contribution in [1.82, 2.24) is 15.2 Å². The van der Waals surface area contributed by atoms with Crippen molar-refractivity contribution in [1.29, 1.82) is 0 Å². The zero-order valence-corrected chi connectivity index (χ0v) is 36.9. The fourth-order valence-corrected chi connectivity index (χ4v) is 10.6. The maximum Gasteiger partial charge on any atom is 0.356 e. The number of alkyl halides is 1. The van der Waals surface area contributed by atoms with Gasteiger partial charge in [0, 0.05) is 15.6 Å². The van der Waals surface area contributed by atoms with Gasteiger partial charge >= 0.3 is 5.97 Å². The number of halogens is 1. The normalized spacial score (nSPS) is 16.4. The monoisotopic (exact) mass is 959 g/mol. The molecule has 1 fully saturated rings. The summed E-state index contributed by atoms with van der Waals surface area (Å²) in [6.07, 6.45) is -0.0136. The summed E-state index contributed by atoms with van der Waals surface area (Å²) < 4.78 is 6.77. The first-order valence-electron chi connectivity index (χ1n) is 19.9. The lowest BCUT2D eigenvalue weighted by atomic mass is 9.77. The molecule has 5 aromatic carbocycles. The molecule has 0 aliphatic carbocycles. The van der Waals surface area contributed by atoms with Crippen LogP contribution in [0.2, 0.25) is 0 Å². The fourth-order valence-electron chi connectivity index (χ4n) is 7.52. The Balaban J connectivity index is 1.05. The Morgan fingerprint density at radius 2 is 1.36 bits per heavy atom. The summed E-state index contributed by atoms with van der Waals surface area (Å²) in [5, 5.41) is 12.7. The summed E-state index contributed by atoms with van der Waals surface area (Å²) in [6.45, 7) is 2.22. The van der Waals surface area contributed by atoms with Crippen LogP contribution >= 0.6 is 45.7 Å². The highest BCUT2D eigenvalue weighted by atomic mass is 127. The highest BCUT2D eigenvalue weighted by Crippen LogP contribution is 2.43. The number of hydrogen-bond donors (Lipinski definition) is 2. The van der Waals surface area contributed by atoms with E-state index in [1.807, 2.05) is 122 Å². The quantitative estimate of drug-likeness (QED) is 0.0144. The molecule has 10 nitrogen and oxygen atoms in total. The first-order valence-corrected chi connectivity index (χ1v) is 23.3. The van der Waals surface area contributed by atoms with Crippen molar-refractivity contribution in [3.05, 3.63) is 202 Å². The smallest absolute Gasteiger partial charge is 0.356 e. The van der Waals surface area contributed by atoms with Crippen LogP contribution in [0.1, 0.15) is 53.0 Å². The van der Waals surface area contributed by atoms with E-state index in [0.717, 1.165) is 33.4 Å². The van der Waals surface area contributed by atoms with Gasteiger partial charge in [0.25, 0.3) is 11.8 Å².